The molecule has 0 aliphatic carbocycles. The number of hydrogen-bond acceptors (Lipinski definition) is 4. The third-order valence-electron chi connectivity index (χ3n) is 2.72. The fourth-order valence-electron chi connectivity index (χ4n) is 1.33. The first-order chi connectivity index (χ1) is 9.04. The number of aromatic carboxylic acids is 1. The van der Waals surface area contributed by atoms with Crippen LogP contribution in [0.2, 0.25) is 0 Å². The molecule has 0 atom stereocenters. The summed E-state index contributed by atoms with van der Waals surface area (Å²) in [6.07, 6.45) is 0. The lowest BCUT2D eigenvalue weighted by Gasteiger charge is -2.19. The number of halogens is 1. The van der Waals surface area contributed by atoms with Gasteiger partial charge >= 0.3 is 5.97 Å². The van der Waals surface area contributed by atoms with Crippen LogP contribution in [0.3, 0.4) is 0 Å². The molecule has 1 rings (SSSR count). The summed E-state index contributed by atoms with van der Waals surface area (Å²) in [6, 6.07) is 4.49. The van der Waals surface area contributed by atoms with E-state index in [1.165, 1.54) is 6.07 Å². The first kappa shape index (κ1) is 17.0. The van der Waals surface area contributed by atoms with Crippen molar-refractivity contribution in [2.75, 3.05) is 12.4 Å². The zero-order valence-corrected chi connectivity index (χ0v) is 13.9. The van der Waals surface area contributed by atoms with Crippen molar-refractivity contribution in [1.82, 2.24) is 0 Å². The van der Waals surface area contributed by atoms with Gasteiger partial charge in [-0.1, -0.05) is 0 Å². The highest BCUT2D eigenvalue weighted by Crippen LogP contribution is 2.23. The van der Waals surface area contributed by atoms with Gasteiger partial charge in [-0.15, -0.1) is 0 Å². The van der Waals surface area contributed by atoms with E-state index >= 15 is 0 Å². The first-order valence-corrected chi connectivity index (χ1v) is 8.37. The second-order valence-electron chi connectivity index (χ2n) is 5.23. The second kappa shape index (κ2) is 6.13. The van der Waals surface area contributed by atoms with E-state index in [4.69, 9.17) is 9.84 Å². The van der Waals surface area contributed by atoms with E-state index in [2.05, 4.69) is 15.9 Å². The topological polar surface area (TPSA) is 80.7 Å². The Bertz CT molecular complexity index is 602. The predicted molar refractivity (Wildman–Crippen MR) is 80.1 cm³/mol. The van der Waals surface area contributed by atoms with Gasteiger partial charge in [0.25, 0.3) is 0 Å². The molecule has 0 unspecified atom stereocenters. The Hall–Kier alpha value is -1.08. The van der Waals surface area contributed by atoms with Crippen molar-refractivity contribution < 1.29 is 23.1 Å². The number of rotatable bonds is 5. The summed E-state index contributed by atoms with van der Waals surface area (Å²) in [5, 5.41) is 8.97. The summed E-state index contributed by atoms with van der Waals surface area (Å²) in [4.78, 5) is 11.0. The summed E-state index contributed by atoms with van der Waals surface area (Å²) >= 11 is 3.12. The normalized spacial score (nSPS) is 12.2. The number of hydrogen-bond donors (Lipinski definition) is 1. The van der Waals surface area contributed by atoms with E-state index in [-0.39, 0.29) is 17.9 Å². The molecule has 0 radical (unpaired) electrons. The largest absolute Gasteiger partial charge is 0.493 e. The summed E-state index contributed by atoms with van der Waals surface area (Å²) in [7, 11) is -3.25. The van der Waals surface area contributed by atoms with E-state index < -0.39 is 20.6 Å². The molecular formula is C13H17BrO5S. The van der Waals surface area contributed by atoms with Gasteiger partial charge in [0, 0.05) is 4.47 Å². The molecule has 20 heavy (non-hydrogen) atoms. The van der Waals surface area contributed by atoms with Crippen LogP contribution in [0.4, 0.5) is 0 Å². The molecule has 0 amide bonds. The molecule has 0 fully saturated rings. The SMILES string of the molecule is CC(C)(C)S(=O)(=O)CCOc1ccc(Br)c(C(=O)O)c1. The Morgan fingerprint density at radius 1 is 1.35 bits per heavy atom. The third kappa shape index (κ3) is 4.21. The maximum absolute atomic E-state index is 11.9. The minimum absolute atomic E-state index is 0.0136. The van der Waals surface area contributed by atoms with Crippen LogP contribution in [0.25, 0.3) is 0 Å². The van der Waals surface area contributed by atoms with E-state index in [9.17, 15) is 13.2 Å². The number of ether oxygens (including phenoxy) is 1. The average Bonchev–Trinajstić information content (AvgIpc) is 2.29. The molecule has 0 aromatic heterocycles. The summed E-state index contributed by atoms with van der Waals surface area (Å²) < 4.78 is 28.7. The molecule has 0 aliphatic heterocycles. The minimum atomic E-state index is -3.25. The van der Waals surface area contributed by atoms with E-state index in [1.807, 2.05) is 0 Å². The Morgan fingerprint density at radius 3 is 2.45 bits per heavy atom. The van der Waals surface area contributed by atoms with Crippen molar-refractivity contribution >= 4 is 31.7 Å². The summed E-state index contributed by atoms with van der Waals surface area (Å²) in [6.45, 7) is 4.87. The zero-order valence-electron chi connectivity index (χ0n) is 11.5. The Morgan fingerprint density at radius 2 is 1.95 bits per heavy atom. The van der Waals surface area contributed by atoms with Gasteiger partial charge in [0.1, 0.15) is 12.4 Å². The van der Waals surface area contributed by atoms with Crippen LogP contribution in [-0.4, -0.2) is 36.6 Å². The molecule has 1 N–H and O–H groups in total. The Labute approximate surface area is 127 Å². The maximum Gasteiger partial charge on any atom is 0.336 e. The monoisotopic (exact) mass is 364 g/mol. The fraction of sp³-hybridized carbons (Fsp3) is 0.462. The van der Waals surface area contributed by atoms with Gasteiger partial charge in [-0.25, -0.2) is 13.2 Å². The highest BCUT2D eigenvalue weighted by Gasteiger charge is 2.28. The van der Waals surface area contributed by atoms with Crippen LogP contribution in [0.5, 0.6) is 5.75 Å². The quantitative estimate of drug-likeness (QED) is 0.868. The van der Waals surface area contributed by atoms with Gasteiger partial charge in [-0.05, 0) is 54.9 Å². The maximum atomic E-state index is 11.9. The molecule has 0 saturated heterocycles. The van der Waals surface area contributed by atoms with Gasteiger partial charge in [-0.2, -0.15) is 0 Å². The van der Waals surface area contributed by atoms with Gasteiger partial charge in [0.2, 0.25) is 0 Å². The lowest BCUT2D eigenvalue weighted by atomic mass is 10.2. The van der Waals surface area contributed by atoms with Crippen LogP contribution in [0.15, 0.2) is 22.7 Å². The smallest absolute Gasteiger partial charge is 0.336 e. The lowest BCUT2D eigenvalue weighted by Crippen LogP contribution is -2.32. The number of sulfone groups is 1. The molecule has 0 aliphatic rings. The first-order valence-electron chi connectivity index (χ1n) is 5.92. The van der Waals surface area contributed by atoms with Crippen molar-refractivity contribution in [1.29, 1.82) is 0 Å². The second-order valence-corrected chi connectivity index (χ2v) is 8.94. The van der Waals surface area contributed by atoms with Gasteiger partial charge in [0.15, 0.2) is 9.84 Å². The summed E-state index contributed by atoms with van der Waals surface area (Å²) in [5.41, 5.74) is 0.0705. The lowest BCUT2D eigenvalue weighted by molar-refractivity contribution is 0.0695. The third-order valence-corrected chi connectivity index (χ3v) is 5.98. The van der Waals surface area contributed by atoms with E-state index in [0.717, 1.165) is 0 Å². The molecule has 5 nitrogen and oxygen atoms in total. The molecular weight excluding hydrogens is 348 g/mol. The fourth-order valence-corrected chi connectivity index (χ4v) is 2.66. The van der Waals surface area contributed by atoms with Crippen LogP contribution in [0, 0.1) is 0 Å². The number of benzene rings is 1. The molecule has 0 saturated carbocycles. The van der Waals surface area contributed by atoms with Gasteiger partial charge in [-0.3, -0.25) is 0 Å². The molecule has 7 heteroatoms. The van der Waals surface area contributed by atoms with E-state index in [1.54, 1.807) is 32.9 Å². The average molecular weight is 365 g/mol. The van der Waals surface area contributed by atoms with Crippen molar-refractivity contribution in [3.8, 4) is 5.75 Å². The van der Waals surface area contributed by atoms with E-state index in [0.29, 0.717) is 10.2 Å². The van der Waals surface area contributed by atoms with Crippen LogP contribution in [0.1, 0.15) is 31.1 Å². The zero-order chi connectivity index (χ0) is 15.6. The van der Waals surface area contributed by atoms with Crippen molar-refractivity contribution in [3.05, 3.63) is 28.2 Å². The Balaban J connectivity index is 2.73. The van der Waals surface area contributed by atoms with Crippen LogP contribution in [-0.2, 0) is 9.84 Å². The Kier molecular flexibility index (Phi) is 5.21. The molecule has 1 aromatic rings. The van der Waals surface area contributed by atoms with Crippen LogP contribution >= 0.6 is 15.9 Å². The highest BCUT2D eigenvalue weighted by atomic mass is 79.9. The number of carbonyl (C=O) groups is 1. The number of carboxylic acid groups (broad SMARTS) is 1. The summed E-state index contributed by atoms with van der Waals surface area (Å²) in [5.74, 6) is -0.867. The van der Waals surface area contributed by atoms with Crippen LogP contribution < -0.4 is 4.74 Å². The minimum Gasteiger partial charge on any atom is -0.493 e. The number of carboxylic acids is 1. The molecule has 0 heterocycles. The predicted octanol–water partition coefficient (Wildman–Crippen LogP) is 2.74. The molecule has 1 aromatic carbocycles. The standard InChI is InChI=1S/C13H17BrO5S/c1-13(2,3)20(17,18)7-6-19-9-4-5-11(14)10(8-9)12(15)16/h4-5,8H,6-7H2,1-3H3,(H,15,16). The van der Waals surface area contributed by atoms with Crippen molar-refractivity contribution in [2.24, 2.45) is 0 Å². The molecule has 0 bridgehead atoms. The van der Waals surface area contributed by atoms with Crippen molar-refractivity contribution in [2.45, 2.75) is 25.5 Å². The van der Waals surface area contributed by atoms with Crippen molar-refractivity contribution in [3.63, 3.8) is 0 Å². The van der Waals surface area contributed by atoms with Gasteiger partial charge < -0.3 is 9.84 Å². The highest BCUT2D eigenvalue weighted by molar-refractivity contribution is 9.10. The molecule has 112 valence electrons. The molecule has 0 spiro atoms. The van der Waals surface area contributed by atoms with Gasteiger partial charge in [0.05, 0.1) is 16.1 Å².